The summed E-state index contributed by atoms with van der Waals surface area (Å²) in [6.45, 7) is 5.65. The van der Waals surface area contributed by atoms with E-state index in [1.54, 1.807) is 20.8 Å². The van der Waals surface area contributed by atoms with Gasteiger partial charge in [-0.2, -0.15) is 0 Å². The van der Waals surface area contributed by atoms with Gasteiger partial charge in [-0.15, -0.1) is 0 Å². The minimum Gasteiger partial charge on any atom is -0.481 e. The van der Waals surface area contributed by atoms with Crippen LogP contribution in [0.2, 0.25) is 0 Å². The third kappa shape index (κ3) is 3.27. The van der Waals surface area contributed by atoms with E-state index < -0.39 is 41.3 Å². The molecule has 1 unspecified atom stereocenters. The zero-order valence-electron chi connectivity index (χ0n) is 12.5. The fourth-order valence-corrected chi connectivity index (χ4v) is 3.17. The van der Waals surface area contributed by atoms with Gasteiger partial charge in [-0.25, -0.2) is 13.6 Å². The van der Waals surface area contributed by atoms with Gasteiger partial charge in [0.2, 0.25) is 0 Å². The molecule has 7 heteroatoms. The first kappa shape index (κ1) is 16.0. The average Bonchev–Trinajstić information content (AvgIpc) is 2.20. The first-order chi connectivity index (χ1) is 9.44. The number of likely N-dealkylation sites (tertiary alicyclic amines) is 1. The average molecular weight is 305 g/mol. The maximum atomic E-state index is 13.9. The Kier molecular flexibility index (Phi) is 3.66. The summed E-state index contributed by atoms with van der Waals surface area (Å²) in [6.07, 6.45) is -0.628. The minimum absolute atomic E-state index is 0.0511. The van der Waals surface area contributed by atoms with Crippen LogP contribution in [0.25, 0.3) is 0 Å². The number of carbonyl (C=O) groups is 2. The summed E-state index contributed by atoms with van der Waals surface area (Å²) in [5.41, 5.74) is -1.28. The molecule has 2 fully saturated rings. The summed E-state index contributed by atoms with van der Waals surface area (Å²) >= 11 is 0. The standard InChI is InChI=1S/C14H21F2NO4/c1-12(2,3)21-11(20)17-7-13(8-17)5-4-9(10(18)19)14(15,16)6-13/h9H,4-8H2,1-3H3,(H,18,19). The molecule has 1 aliphatic heterocycles. The molecule has 0 aromatic heterocycles. The van der Waals surface area contributed by atoms with E-state index in [0.29, 0.717) is 6.42 Å². The number of nitrogens with zero attached hydrogens (tertiary/aromatic N) is 1. The second-order valence-electron chi connectivity index (χ2n) is 7.20. The van der Waals surface area contributed by atoms with Crippen LogP contribution < -0.4 is 0 Å². The minimum atomic E-state index is -3.22. The second-order valence-corrected chi connectivity index (χ2v) is 7.20. The first-order valence-corrected chi connectivity index (χ1v) is 7.03. The molecule has 1 amide bonds. The smallest absolute Gasteiger partial charge is 0.410 e. The van der Waals surface area contributed by atoms with E-state index in [4.69, 9.17) is 9.84 Å². The van der Waals surface area contributed by atoms with Crippen LogP contribution in [-0.2, 0) is 9.53 Å². The van der Waals surface area contributed by atoms with Gasteiger partial charge < -0.3 is 14.7 Å². The normalized spacial score (nSPS) is 27.1. The summed E-state index contributed by atoms with van der Waals surface area (Å²) < 4.78 is 33.0. The summed E-state index contributed by atoms with van der Waals surface area (Å²) in [4.78, 5) is 24.1. The van der Waals surface area contributed by atoms with E-state index >= 15 is 0 Å². The monoisotopic (exact) mass is 305 g/mol. The van der Waals surface area contributed by atoms with Gasteiger partial charge in [0.25, 0.3) is 5.92 Å². The number of rotatable bonds is 1. The van der Waals surface area contributed by atoms with Crippen molar-refractivity contribution in [2.45, 2.75) is 51.6 Å². The maximum Gasteiger partial charge on any atom is 0.410 e. The first-order valence-electron chi connectivity index (χ1n) is 7.03. The Morgan fingerprint density at radius 2 is 1.86 bits per heavy atom. The fraction of sp³-hybridized carbons (Fsp3) is 0.857. The van der Waals surface area contributed by atoms with Crippen LogP contribution in [-0.4, -0.2) is 46.7 Å². The van der Waals surface area contributed by atoms with Gasteiger partial charge in [0.1, 0.15) is 11.5 Å². The Labute approximate surface area is 122 Å². The number of carboxylic acid groups (broad SMARTS) is 1. The van der Waals surface area contributed by atoms with E-state index in [0.717, 1.165) is 0 Å². The SMILES string of the molecule is CC(C)(C)OC(=O)N1CC2(CCC(C(=O)O)C(F)(F)C2)C1. The van der Waals surface area contributed by atoms with E-state index in [2.05, 4.69) is 0 Å². The summed E-state index contributed by atoms with van der Waals surface area (Å²) in [5.74, 6) is -6.28. The van der Waals surface area contributed by atoms with Gasteiger partial charge in [0.05, 0.1) is 0 Å². The zero-order chi connectivity index (χ0) is 16.1. The largest absolute Gasteiger partial charge is 0.481 e. The lowest BCUT2D eigenvalue weighted by Crippen LogP contribution is -2.63. The highest BCUT2D eigenvalue weighted by Crippen LogP contribution is 2.52. The molecule has 5 nitrogen and oxygen atoms in total. The van der Waals surface area contributed by atoms with Gasteiger partial charge in [-0.05, 0) is 33.6 Å². The van der Waals surface area contributed by atoms with Crippen molar-refractivity contribution in [1.29, 1.82) is 0 Å². The van der Waals surface area contributed by atoms with Crippen LogP contribution in [0.1, 0.15) is 40.0 Å². The number of amides is 1. The van der Waals surface area contributed by atoms with Crippen molar-refractivity contribution in [1.82, 2.24) is 4.90 Å². The lowest BCUT2D eigenvalue weighted by Gasteiger charge is -2.54. The van der Waals surface area contributed by atoms with E-state index in [1.165, 1.54) is 4.90 Å². The summed E-state index contributed by atoms with van der Waals surface area (Å²) in [5, 5.41) is 8.84. The molecule has 1 aliphatic carbocycles. The third-order valence-corrected chi connectivity index (χ3v) is 4.09. The van der Waals surface area contributed by atoms with Gasteiger partial charge >= 0.3 is 12.1 Å². The number of carbonyl (C=O) groups excluding carboxylic acids is 1. The predicted octanol–water partition coefficient (Wildman–Crippen LogP) is 2.74. The molecule has 0 bridgehead atoms. The molecule has 1 spiro atoms. The molecule has 1 saturated carbocycles. The second kappa shape index (κ2) is 4.81. The topological polar surface area (TPSA) is 66.8 Å². The number of carboxylic acids is 1. The molecule has 2 rings (SSSR count). The van der Waals surface area contributed by atoms with Gasteiger partial charge in [-0.1, -0.05) is 0 Å². The van der Waals surface area contributed by atoms with Gasteiger partial charge in [0.15, 0.2) is 0 Å². The van der Waals surface area contributed by atoms with Crippen LogP contribution >= 0.6 is 0 Å². The van der Waals surface area contributed by atoms with Crippen molar-refractivity contribution in [2.75, 3.05) is 13.1 Å². The lowest BCUT2D eigenvalue weighted by atomic mass is 9.64. The molecular weight excluding hydrogens is 284 g/mol. The number of hydrogen-bond acceptors (Lipinski definition) is 3. The molecule has 1 heterocycles. The van der Waals surface area contributed by atoms with Crippen molar-refractivity contribution < 1.29 is 28.2 Å². The maximum absolute atomic E-state index is 13.9. The Bertz CT molecular complexity index is 452. The lowest BCUT2D eigenvalue weighted by molar-refractivity contribution is -0.185. The molecule has 1 atom stereocenters. The van der Waals surface area contributed by atoms with E-state index in [9.17, 15) is 18.4 Å². The zero-order valence-corrected chi connectivity index (χ0v) is 12.5. The van der Waals surface area contributed by atoms with Gasteiger partial charge in [-0.3, -0.25) is 4.79 Å². The Hall–Kier alpha value is -1.40. The highest BCUT2D eigenvalue weighted by Gasteiger charge is 2.59. The number of aliphatic carboxylic acids is 1. The Morgan fingerprint density at radius 3 is 2.29 bits per heavy atom. The number of ether oxygens (including phenoxy) is 1. The van der Waals surface area contributed by atoms with Crippen molar-refractivity contribution in [3.8, 4) is 0 Å². The molecule has 2 aliphatic rings. The number of hydrogen-bond donors (Lipinski definition) is 1. The molecule has 0 radical (unpaired) electrons. The molecule has 120 valence electrons. The van der Waals surface area contributed by atoms with Crippen molar-refractivity contribution in [3.63, 3.8) is 0 Å². The van der Waals surface area contributed by atoms with Crippen LogP contribution in [0.15, 0.2) is 0 Å². The highest BCUT2D eigenvalue weighted by atomic mass is 19.3. The Balaban J connectivity index is 1.95. The van der Waals surface area contributed by atoms with Crippen molar-refractivity contribution >= 4 is 12.1 Å². The fourth-order valence-electron chi connectivity index (χ4n) is 3.17. The summed E-state index contributed by atoms with van der Waals surface area (Å²) in [6, 6.07) is 0. The molecular formula is C14H21F2NO4. The molecule has 0 aromatic rings. The Morgan fingerprint density at radius 1 is 1.29 bits per heavy atom. The molecule has 1 N–H and O–H groups in total. The third-order valence-electron chi connectivity index (χ3n) is 4.09. The highest BCUT2D eigenvalue weighted by molar-refractivity contribution is 5.72. The molecule has 1 saturated heterocycles. The van der Waals surface area contributed by atoms with Crippen molar-refractivity contribution in [2.24, 2.45) is 11.3 Å². The van der Waals surface area contributed by atoms with Gasteiger partial charge in [0, 0.05) is 24.9 Å². The van der Waals surface area contributed by atoms with Crippen LogP contribution in [0.3, 0.4) is 0 Å². The van der Waals surface area contributed by atoms with Crippen LogP contribution in [0.4, 0.5) is 13.6 Å². The van der Waals surface area contributed by atoms with E-state index in [-0.39, 0.29) is 19.5 Å². The quantitative estimate of drug-likeness (QED) is 0.809. The number of alkyl halides is 2. The number of halogens is 2. The summed E-state index contributed by atoms with van der Waals surface area (Å²) in [7, 11) is 0. The predicted molar refractivity (Wildman–Crippen MR) is 70.2 cm³/mol. The van der Waals surface area contributed by atoms with E-state index in [1.807, 2.05) is 0 Å². The molecule has 21 heavy (non-hydrogen) atoms. The van der Waals surface area contributed by atoms with Crippen LogP contribution in [0.5, 0.6) is 0 Å². The van der Waals surface area contributed by atoms with Crippen molar-refractivity contribution in [3.05, 3.63) is 0 Å². The van der Waals surface area contributed by atoms with Crippen LogP contribution in [0, 0.1) is 11.3 Å². The molecule has 0 aromatic carbocycles.